The number of piperazine rings is 1. The summed E-state index contributed by atoms with van der Waals surface area (Å²) in [6.07, 6.45) is 5.11. The summed E-state index contributed by atoms with van der Waals surface area (Å²) in [5.41, 5.74) is 1.13. The van der Waals surface area contributed by atoms with Gasteiger partial charge in [-0.05, 0) is 42.1 Å². The zero-order valence-corrected chi connectivity index (χ0v) is 17.9. The maximum atomic E-state index is 13.2. The monoisotopic (exact) mass is 429 g/mol. The third-order valence-corrected chi connectivity index (χ3v) is 6.02. The number of nitrogens with zero attached hydrogens (tertiary/aromatic N) is 5. The van der Waals surface area contributed by atoms with E-state index in [4.69, 9.17) is 4.74 Å². The molecule has 4 aromatic rings. The average Bonchev–Trinajstić information content (AvgIpc) is 2.85. The lowest BCUT2D eigenvalue weighted by Gasteiger charge is -2.38. The second-order valence-corrected chi connectivity index (χ2v) is 7.92. The summed E-state index contributed by atoms with van der Waals surface area (Å²) in [5.74, 6) is 1.88. The highest BCUT2D eigenvalue weighted by atomic mass is 19.1. The second kappa shape index (κ2) is 8.88. The molecule has 7 heteroatoms. The number of anilines is 1. The Kier molecular flexibility index (Phi) is 5.64. The summed E-state index contributed by atoms with van der Waals surface area (Å²) >= 11 is 0. The van der Waals surface area contributed by atoms with Crippen molar-refractivity contribution >= 4 is 16.6 Å². The Bertz CT molecular complexity index is 1200. The van der Waals surface area contributed by atoms with Gasteiger partial charge in [0.2, 0.25) is 5.88 Å². The molecule has 0 radical (unpaired) electrons. The van der Waals surface area contributed by atoms with Gasteiger partial charge in [0.25, 0.3) is 0 Å². The van der Waals surface area contributed by atoms with Crippen LogP contribution in [0.1, 0.15) is 18.5 Å². The minimum absolute atomic E-state index is 0.202. The topological polar surface area (TPSA) is 54.4 Å². The molecule has 5 rings (SSSR count). The van der Waals surface area contributed by atoms with Crippen LogP contribution in [0.15, 0.2) is 73.3 Å². The van der Waals surface area contributed by atoms with E-state index in [0.717, 1.165) is 54.1 Å². The van der Waals surface area contributed by atoms with Gasteiger partial charge in [-0.15, -0.1) is 0 Å². The van der Waals surface area contributed by atoms with Crippen LogP contribution in [-0.2, 0) is 0 Å². The molecule has 2 aromatic heterocycles. The predicted molar refractivity (Wildman–Crippen MR) is 122 cm³/mol. The van der Waals surface area contributed by atoms with Gasteiger partial charge in [-0.3, -0.25) is 9.88 Å². The summed E-state index contributed by atoms with van der Waals surface area (Å²) in [5, 5.41) is 2.01. The van der Waals surface area contributed by atoms with Gasteiger partial charge in [-0.2, -0.15) is 0 Å². The van der Waals surface area contributed by atoms with Crippen molar-refractivity contribution in [3.05, 3.63) is 84.7 Å². The molecule has 0 bridgehead atoms. The van der Waals surface area contributed by atoms with Gasteiger partial charge in [-0.25, -0.2) is 14.4 Å². The number of ether oxygens (including phenoxy) is 1. The van der Waals surface area contributed by atoms with Crippen LogP contribution in [0.3, 0.4) is 0 Å². The van der Waals surface area contributed by atoms with Crippen molar-refractivity contribution < 1.29 is 9.13 Å². The fourth-order valence-corrected chi connectivity index (χ4v) is 4.14. The van der Waals surface area contributed by atoms with Crippen molar-refractivity contribution in [2.45, 2.75) is 13.0 Å². The standard InChI is InChI=1S/C25H24FN5O/c1-18(19-5-7-21(26)8-6-19)30-11-13-31(14-12-30)24-15-25(29-17-28-24)32-23-4-2-3-20-9-10-27-16-22(20)23/h2-10,15-18H,11-14H2,1H3. The Morgan fingerprint density at radius 1 is 0.969 bits per heavy atom. The number of benzene rings is 2. The maximum Gasteiger partial charge on any atom is 0.224 e. The Labute approximate surface area is 186 Å². The van der Waals surface area contributed by atoms with Gasteiger partial charge in [-0.1, -0.05) is 24.3 Å². The molecule has 3 heterocycles. The van der Waals surface area contributed by atoms with Crippen molar-refractivity contribution in [3.8, 4) is 11.6 Å². The van der Waals surface area contributed by atoms with Crippen LogP contribution in [0.2, 0.25) is 0 Å². The highest BCUT2D eigenvalue weighted by molar-refractivity contribution is 5.87. The molecule has 0 amide bonds. The number of halogens is 1. The molecule has 162 valence electrons. The van der Waals surface area contributed by atoms with Gasteiger partial charge in [0, 0.05) is 56.1 Å². The van der Waals surface area contributed by atoms with Crippen molar-refractivity contribution in [1.82, 2.24) is 19.9 Å². The summed E-state index contributed by atoms with van der Waals surface area (Å²) in [4.78, 5) is 17.6. The number of pyridine rings is 1. The molecule has 1 atom stereocenters. The van der Waals surface area contributed by atoms with Crippen LogP contribution in [0.5, 0.6) is 11.6 Å². The first-order valence-corrected chi connectivity index (χ1v) is 10.7. The van der Waals surface area contributed by atoms with Gasteiger partial charge in [0.1, 0.15) is 23.7 Å². The maximum absolute atomic E-state index is 13.2. The molecule has 1 aliphatic rings. The SMILES string of the molecule is CC(c1ccc(F)cc1)N1CCN(c2cc(Oc3cccc4ccncc34)ncn2)CC1. The van der Waals surface area contributed by atoms with Crippen LogP contribution in [0.4, 0.5) is 10.2 Å². The number of hydrogen-bond donors (Lipinski definition) is 0. The molecule has 0 aliphatic carbocycles. The van der Waals surface area contributed by atoms with E-state index in [1.54, 1.807) is 18.7 Å². The van der Waals surface area contributed by atoms with Gasteiger partial charge in [0.05, 0.1) is 0 Å². The zero-order chi connectivity index (χ0) is 21.9. The van der Waals surface area contributed by atoms with Crippen LogP contribution in [0, 0.1) is 5.82 Å². The summed E-state index contributed by atoms with van der Waals surface area (Å²) in [6, 6.07) is 16.8. The first-order chi connectivity index (χ1) is 15.7. The van der Waals surface area contributed by atoms with Crippen LogP contribution in [-0.4, -0.2) is 46.0 Å². The van der Waals surface area contributed by atoms with E-state index in [9.17, 15) is 4.39 Å². The molecular weight excluding hydrogens is 405 g/mol. The first-order valence-electron chi connectivity index (χ1n) is 10.7. The smallest absolute Gasteiger partial charge is 0.224 e. The summed E-state index contributed by atoms with van der Waals surface area (Å²) in [7, 11) is 0. The summed E-state index contributed by atoms with van der Waals surface area (Å²) in [6.45, 7) is 5.65. The second-order valence-electron chi connectivity index (χ2n) is 7.92. The van der Waals surface area contributed by atoms with Gasteiger partial charge < -0.3 is 9.64 Å². The molecule has 6 nitrogen and oxygen atoms in total. The largest absolute Gasteiger partial charge is 0.438 e. The molecule has 0 spiro atoms. The third kappa shape index (κ3) is 4.24. The lowest BCUT2D eigenvalue weighted by molar-refractivity contribution is 0.198. The average molecular weight is 429 g/mol. The van der Waals surface area contributed by atoms with E-state index in [2.05, 4.69) is 31.7 Å². The predicted octanol–water partition coefficient (Wildman–Crippen LogP) is 4.84. The molecule has 1 saturated heterocycles. The van der Waals surface area contributed by atoms with E-state index in [1.807, 2.05) is 42.5 Å². The lowest BCUT2D eigenvalue weighted by Crippen LogP contribution is -2.47. The Morgan fingerprint density at radius 3 is 2.59 bits per heavy atom. The van der Waals surface area contributed by atoms with Crippen molar-refractivity contribution in [2.24, 2.45) is 0 Å². The third-order valence-electron chi connectivity index (χ3n) is 6.02. The normalized spacial score (nSPS) is 15.6. The first kappa shape index (κ1) is 20.3. The molecule has 0 saturated carbocycles. The number of aromatic nitrogens is 3. The van der Waals surface area contributed by atoms with Crippen molar-refractivity contribution in [1.29, 1.82) is 0 Å². The minimum atomic E-state index is -0.202. The molecule has 1 unspecified atom stereocenters. The molecule has 2 aromatic carbocycles. The summed E-state index contributed by atoms with van der Waals surface area (Å²) < 4.78 is 19.3. The Hall–Kier alpha value is -3.58. The van der Waals surface area contributed by atoms with Gasteiger partial charge >= 0.3 is 0 Å². The highest BCUT2D eigenvalue weighted by Gasteiger charge is 2.23. The number of rotatable bonds is 5. The molecule has 32 heavy (non-hydrogen) atoms. The van der Waals surface area contributed by atoms with Crippen LogP contribution < -0.4 is 9.64 Å². The molecule has 1 fully saturated rings. The Morgan fingerprint density at radius 2 is 1.78 bits per heavy atom. The number of hydrogen-bond acceptors (Lipinski definition) is 6. The van der Waals surface area contributed by atoms with E-state index in [0.29, 0.717) is 5.88 Å². The van der Waals surface area contributed by atoms with Crippen LogP contribution >= 0.6 is 0 Å². The zero-order valence-electron chi connectivity index (χ0n) is 17.9. The molecule has 1 aliphatic heterocycles. The quantitative estimate of drug-likeness (QED) is 0.453. The van der Waals surface area contributed by atoms with E-state index in [-0.39, 0.29) is 11.9 Å². The minimum Gasteiger partial charge on any atom is -0.438 e. The van der Waals surface area contributed by atoms with E-state index < -0.39 is 0 Å². The molecule has 0 N–H and O–H groups in total. The van der Waals surface area contributed by atoms with E-state index >= 15 is 0 Å². The van der Waals surface area contributed by atoms with Crippen LogP contribution in [0.25, 0.3) is 10.8 Å². The van der Waals surface area contributed by atoms with Gasteiger partial charge in [0.15, 0.2) is 0 Å². The lowest BCUT2D eigenvalue weighted by atomic mass is 10.1. The molecular formula is C25H24FN5O. The Balaban J connectivity index is 1.27. The fourth-order valence-electron chi connectivity index (χ4n) is 4.14. The van der Waals surface area contributed by atoms with Crippen molar-refractivity contribution in [2.75, 3.05) is 31.1 Å². The fraction of sp³-hybridized carbons (Fsp3) is 0.240. The van der Waals surface area contributed by atoms with Crippen molar-refractivity contribution in [3.63, 3.8) is 0 Å². The number of fused-ring (bicyclic) bond motifs is 1. The highest BCUT2D eigenvalue weighted by Crippen LogP contribution is 2.30. The van der Waals surface area contributed by atoms with E-state index in [1.165, 1.54) is 12.1 Å².